The second kappa shape index (κ2) is 77.7. The molecule has 0 heterocycles. The summed E-state index contributed by atoms with van der Waals surface area (Å²) in [5.74, 6) is -5.17. The van der Waals surface area contributed by atoms with Crippen LogP contribution in [0.1, 0.15) is 208 Å². The van der Waals surface area contributed by atoms with Gasteiger partial charge in [-0.3, -0.25) is 48.9 Å². The number of hydrogen-bond donors (Lipinski definition) is 10. The Morgan fingerprint density at radius 3 is 0.402 bits per heavy atom. The summed E-state index contributed by atoms with van der Waals surface area (Å²) in [6, 6.07) is 2.58. The van der Waals surface area contributed by atoms with Gasteiger partial charge in [-0.2, -0.15) is 0 Å². The van der Waals surface area contributed by atoms with E-state index in [1.54, 1.807) is 0 Å². The van der Waals surface area contributed by atoms with Gasteiger partial charge in [0.25, 0.3) is 0 Å². The zero-order valence-corrected chi connectivity index (χ0v) is 77.3. The second-order valence-corrected chi connectivity index (χ2v) is 28.4. The van der Waals surface area contributed by atoms with Gasteiger partial charge in [-0.15, -0.1) is 0 Å². The van der Waals surface area contributed by atoms with Gasteiger partial charge >= 0.3 is 39.1 Å². The zero-order valence-electron chi connectivity index (χ0n) is 72.9. The van der Waals surface area contributed by atoms with Crippen molar-refractivity contribution in [3.05, 3.63) is 30.3 Å². The van der Waals surface area contributed by atoms with Crippen LogP contribution >= 0.6 is 39.1 Å². The highest BCUT2D eigenvalue weighted by Crippen LogP contribution is 2.55. The molecule has 2 rings (SSSR count). The van der Waals surface area contributed by atoms with Crippen LogP contribution in [-0.2, 0) is 22.8 Å². The van der Waals surface area contributed by atoms with E-state index in [0.717, 1.165) is 0 Å². The van der Waals surface area contributed by atoms with E-state index in [0.29, 0.717) is 30.3 Å². The maximum absolute atomic E-state index is 11.5. The van der Waals surface area contributed by atoms with E-state index in [1.165, 1.54) is 196 Å². The summed E-state index contributed by atoms with van der Waals surface area (Å²) in [6.45, 7) is 101. The highest BCUT2D eigenvalue weighted by Gasteiger charge is 2.31. The summed E-state index contributed by atoms with van der Waals surface area (Å²) in [4.78, 5) is 115. The molecule has 0 aliphatic rings. The average molecular weight is 1650 g/mol. The van der Waals surface area contributed by atoms with E-state index in [1.807, 2.05) is 0 Å². The number of nitrogens with zero attached hydrogens (tertiary/aromatic N) is 10. The van der Waals surface area contributed by atoms with Gasteiger partial charge in [-0.05, 0) is 214 Å². The molecule has 0 aromatic heterocycles. The highest BCUT2D eigenvalue weighted by molar-refractivity contribution is 7.47. The zero-order chi connectivity index (χ0) is 85.6. The monoisotopic (exact) mass is 1650 g/mol. The third-order valence-corrected chi connectivity index (χ3v) is 18.9. The Labute approximate surface area is 653 Å². The van der Waals surface area contributed by atoms with Crippen molar-refractivity contribution in [2.24, 2.45) is 0 Å². The van der Waals surface area contributed by atoms with Gasteiger partial charge in [-0.25, -0.2) is 22.8 Å². The number of benzene rings is 2. The summed E-state index contributed by atoms with van der Waals surface area (Å²) >= 11 is 0. The largest absolute Gasteiger partial charge is 0.524 e. The molecule has 0 saturated carbocycles. The number of rotatable bonds is 41. The van der Waals surface area contributed by atoms with Crippen LogP contribution in [-0.4, -0.2) is 294 Å². The molecule has 0 fully saturated rings. The topological polar surface area (TPSA) is 366 Å². The molecular weight excluding hydrogens is 1480 g/mol. The van der Waals surface area contributed by atoms with Crippen molar-refractivity contribution in [2.75, 3.05) is 196 Å². The first-order valence-corrected chi connectivity index (χ1v) is 46.8. The van der Waals surface area contributed by atoms with E-state index in [4.69, 9.17) is 29.4 Å². The molecule has 10 N–H and O–H groups in total. The summed E-state index contributed by atoms with van der Waals surface area (Å²) < 4.78 is 78.4. The van der Waals surface area contributed by atoms with E-state index in [-0.39, 0.29) is 0 Å². The Kier molecular flexibility index (Phi) is 89.4. The molecular formula is C72H165N10O20P5. The normalized spacial score (nSPS) is 11.3. The molecule has 0 spiro atoms. The van der Waals surface area contributed by atoms with Crippen LogP contribution in [0.3, 0.4) is 0 Å². The Hall–Kier alpha value is -2.21. The summed E-state index contributed by atoms with van der Waals surface area (Å²) in [6.07, 6.45) is 0. The minimum absolute atomic E-state index is 0.403. The molecule has 0 atom stereocenters. The molecule has 107 heavy (non-hydrogen) atoms. The number of phosphoric acid groups is 5. The van der Waals surface area contributed by atoms with Crippen LogP contribution in [0.2, 0.25) is 0 Å². The van der Waals surface area contributed by atoms with Crippen LogP contribution < -0.4 is 22.6 Å². The minimum atomic E-state index is -5.58. The van der Waals surface area contributed by atoms with Gasteiger partial charge in [0.1, 0.15) is 28.7 Å². The Balaban J connectivity index is -0.000000160. The molecule has 0 bridgehead atoms. The van der Waals surface area contributed by atoms with Crippen molar-refractivity contribution < 1.29 is 94.4 Å². The molecule has 0 radical (unpaired) electrons. The summed E-state index contributed by atoms with van der Waals surface area (Å²) in [5.41, 5.74) is -1.61. The van der Waals surface area contributed by atoms with Gasteiger partial charge in [0, 0.05) is 18.2 Å². The lowest BCUT2D eigenvalue weighted by molar-refractivity contribution is 0.274. The molecule has 30 nitrogen and oxygen atoms in total. The molecule has 0 unspecified atom stereocenters. The van der Waals surface area contributed by atoms with Crippen LogP contribution in [0.5, 0.6) is 28.7 Å². The first-order valence-electron chi connectivity index (χ1n) is 39.2. The van der Waals surface area contributed by atoms with Crippen molar-refractivity contribution in [3.8, 4) is 39.9 Å². The highest BCUT2D eigenvalue weighted by atomic mass is 31.2. The predicted octanol–water partition coefficient (Wildman–Crippen LogP) is 14.2. The average Bonchev–Trinajstić information content (AvgIpc) is 0.775. The van der Waals surface area contributed by atoms with Gasteiger partial charge in [0.2, 0.25) is 0 Å². The molecule has 0 aliphatic heterocycles. The first kappa shape index (κ1) is 123. The third kappa shape index (κ3) is 81.6. The Morgan fingerprint density at radius 2 is 0.308 bits per heavy atom. The van der Waals surface area contributed by atoms with Crippen molar-refractivity contribution in [3.63, 3.8) is 0 Å². The van der Waals surface area contributed by atoms with Crippen LogP contribution in [0.15, 0.2) is 30.3 Å². The molecule has 0 saturated heterocycles. The molecule has 0 amide bonds. The van der Waals surface area contributed by atoms with Gasteiger partial charge in [0.05, 0.1) is 5.56 Å². The SMILES string of the molecule is CCN(CC)CC.CCN(CC)CC.CCN(CC)CC.CCN(CC)CC.CCN(CC)CC.CCN(CC)CC.CCN(CC)CC.CCN(CC)CC.CCN(CC)CC.CCN(CC)CC.O=P(O)(O)Oc1cc(OP(=O)(O)O)cc(-c2c(OP(=O)(O)O)cc(OP(=O)(O)O)cc2OP(=O)(O)O)c1. The fourth-order valence-electron chi connectivity index (χ4n) is 9.24. The van der Waals surface area contributed by atoms with E-state index in [2.05, 4.69) is 279 Å². The van der Waals surface area contributed by atoms with Crippen molar-refractivity contribution in [2.45, 2.75) is 208 Å². The molecule has 35 heteroatoms. The minimum Gasteiger partial charge on any atom is -0.404 e. The fraction of sp³-hybridized carbons (Fsp3) is 0.833. The molecule has 2 aromatic carbocycles. The van der Waals surface area contributed by atoms with Crippen LogP contribution in [0, 0.1) is 0 Å². The maximum Gasteiger partial charge on any atom is 0.524 e. The van der Waals surface area contributed by atoms with E-state index in [9.17, 15) is 42.4 Å². The number of phosphoric ester groups is 5. The Bertz CT molecular complexity index is 2140. The smallest absolute Gasteiger partial charge is 0.404 e. The number of hydrogen-bond acceptors (Lipinski definition) is 20. The lowest BCUT2D eigenvalue weighted by atomic mass is 10.0. The van der Waals surface area contributed by atoms with Crippen molar-refractivity contribution in [1.82, 2.24) is 49.0 Å². The second-order valence-electron chi connectivity index (χ2n) is 22.6. The van der Waals surface area contributed by atoms with Gasteiger partial charge in [0.15, 0.2) is 0 Å². The lowest BCUT2D eigenvalue weighted by Gasteiger charge is -2.20. The van der Waals surface area contributed by atoms with Crippen molar-refractivity contribution in [1.29, 1.82) is 0 Å². The first-order chi connectivity index (χ1) is 49.9. The fourth-order valence-corrected chi connectivity index (χ4v) is 11.2. The molecule has 2 aromatic rings. The molecule has 648 valence electrons. The van der Waals surface area contributed by atoms with Gasteiger partial charge < -0.3 is 71.6 Å². The van der Waals surface area contributed by atoms with Gasteiger partial charge in [-0.1, -0.05) is 208 Å². The lowest BCUT2D eigenvalue weighted by Crippen LogP contribution is -2.21. The summed E-state index contributed by atoms with van der Waals surface area (Å²) in [7, 11) is -27.3. The standard InChI is InChI=1S/C12H15O20P5.10C6H15N/c13-33(14,15)28-7-1-6(2-8(3-7)29-34(16,17)18)12-10(31-36(22,23)24)4-9(30-35(19,20)21)5-11(12)32-37(25,26)27;10*1-4-7(5-2)6-3/h1-5H,(H2,13,14,15)(H2,16,17,18)(H2,19,20,21)(H2,22,23,24)(H2,25,26,27);10*4-6H2,1-3H3. The van der Waals surface area contributed by atoms with Crippen LogP contribution in [0.4, 0.5) is 0 Å². The van der Waals surface area contributed by atoms with E-state index >= 15 is 0 Å². The molecule has 0 aliphatic carbocycles. The maximum atomic E-state index is 11.5. The predicted molar refractivity (Wildman–Crippen MR) is 450 cm³/mol. The van der Waals surface area contributed by atoms with Crippen LogP contribution in [0.25, 0.3) is 11.1 Å². The quantitative estimate of drug-likeness (QED) is 0.0276. The van der Waals surface area contributed by atoms with Crippen molar-refractivity contribution >= 4 is 39.1 Å². The summed E-state index contributed by atoms with van der Waals surface area (Å²) in [5, 5.41) is 0. The Morgan fingerprint density at radius 1 is 0.196 bits per heavy atom. The third-order valence-electron chi connectivity index (χ3n) is 16.7. The van der Waals surface area contributed by atoms with E-state index < -0.39 is 79.0 Å².